The molecule has 0 bridgehead atoms. The van der Waals surface area contributed by atoms with Gasteiger partial charge in [0.15, 0.2) is 0 Å². The Kier molecular flexibility index (Phi) is 3.88. The van der Waals surface area contributed by atoms with Gasteiger partial charge in [0, 0.05) is 24.5 Å². The number of nitrogens with zero attached hydrogens (tertiary/aromatic N) is 1. The van der Waals surface area contributed by atoms with Gasteiger partial charge in [0.2, 0.25) is 0 Å². The van der Waals surface area contributed by atoms with Crippen LogP contribution in [-0.2, 0) is 13.1 Å². The lowest BCUT2D eigenvalue weighted by atomic mass is 10.2. The van der Waals surface area contributed by atoms with Gasteiger partial charge in [0.1, 0.15) is 0 Å². The zero-order chi connectivity index (χ0) is 12.3. The summed E-state index contributed by atoms with van der Waals surface area (Å²) in [4.78, 5) is 10.2. The Labute approximate surface area is 107 Å². The van der Waals surface area contributed by atoms with E-state index in [-0.39, 0.29) is 9.92 Å². The molecule has 0 spiro atoms. The van der Waals surface area contributed by atoms with Gasteiger partial charge >= 0.3 is 5.00 Å². The van der Waals surface area contributed by atoms with E-state index in [1.165, 1.54) is 22.5 Å². The van der Waals surface area contributed by atoms with Crippen molar-refractivity contribution in [2.24, 2.45) is 0 Å². The molecule has 0 aliphatic carbocycles. The first-order chi connectivity index (χ1) is 8.16. The number of thiophene rings is 2. The molecule has 0 radical (unpaired) electrons. The van der Waals surface area contributed by atoms with Gasteiger partial charge in [-0.25, -0.2) is 0 Å². The SMILES string of the molecule is Cc1cscc1CNCc1csc([N+](=O)[O-])c1. The molecule has 0 saturated carbocycles. The highest BCUT2D eigenvalue weighted by Gasteiger charge is 2.09. The van der Waals surface area contributed by atoms with Crippen molar-refractivity contribution in [2.75, 3.05) is 0 Å². The monoisotopic (exact) mass is 268 g/mol. The molecule has 0 aliphatic heterocycles. The summed E-state index contributed by atoms with van der Waals surface area (Å²) < 4.78 is 0. The first kappa shape index (κ1) is 12.2. The Morgan fingerprint density at radius 2 is 2.18 bits per heavy atom. The third kappa shape index (κ3) is 3.12. The number of nitrogens with one attached hydrogen (secondary N) is 1. The fraction of sp³-hybridized carbons (Fsp3) is 0.273. The summed E-state index contributed by atoms with van der Waals surface area (Å²) in [5, 5.41) is 20.1. The number of aryl methyl sites for hydroxylation is 1. The predicted octanol–water partition coefficient (Wildman–Crippen LogP) is 3.32. The zero-order valence-corrected chi connectivity index (χ0v) is 10.9. The smallest absolute Gasteiger partial charge is 0.309 e. The standard InChI is InChI=1S/C11H12N2O2S2/c1-8-5-16-7-10(8)4-12-3-9-2-11(13(14)15)17-6-9/h2,5-7,12H,3-4H2,1H3. The van der Waals surface area contributed by atoms with Gasteiger partial charge in [-0.05, 0) is 34.4 Å². The largest absolute Gasteiger partial charge is 0.324 e. The van der Waals surface area contributed by atoms with Crippen molar-refractivity contribution >= 4 is 27.7 Å². The van der Waals surface area contributed by atoms with E-state index in [1.807, 2.05) is 5.38 Å². The summed E-state index contributed by atoms with van der Waals surface area (Å²) in [6.07, 6.45) is 0. The minimum Gasteiger partial charge on any atom is -0.309 e. The van der Waals surface area contributed by atoms with E-state index >= 15 is 0 Å². The summed E-state index contributed by atoms with van der Waals surface area (Å²) in [6.45, 7) is 3.56. The molecule has 0 fully saturated rings. The van der Waals surface area contributed by atoms with E-state index in [0.717, 1.165) is 12.1 Å². The van der Waals surface area contributed by atoms with Crippen LogP contribution < -0.4 is 5.32 Å². The summed E-state index contributed by atoms with van der Waals surface area (Å²) in [5.74, 6) is 0. The van der Waals surface area contributed by atoms with Crippen molar-refractivity contribution in [3.05, 3.63) is 49.0 Å². The van der Waals surface area contributed by atoms with Crippen LogP contribution in [0.25, 0.3) is 0 Å². The second kappa shape index (κ2) is 5.39. The van der Waals surface area contributed by atoms with Crippen molar-refractivity contribution in [3.8, 4) is 0 Å². The molecule has 2 rings (SSSR count). The van der Waals surface area contributed by atoms with Crippen LogP contribution in [0.1, 0.15) is 16.7 Å². The Hall–Kier alpha value is -1.24. The number of nitro groups is 1. The highest BCUT2D eigenvalue weighted by molar-refractivity contribution is 7.13. The van der Waals surface area contributed by atoms with Crippen molar-refractivity contribution < 1.29 is 4.92 Å². The molecule has 2 heterocycles. The molecule has 0 amide bonds. The summed E-state index contributed by atoms with van der Waals surface area (Å²) in [7, 11) is 0. The summed E-state index contributed by atoms with van der Waals surface area (Å²) in [5.41, 5.74) is 3.55. The predicted molar refractivity (Wildman–Crippen MR) is 70.6 cm³/mol. The van der Waals surface area contributed by atoms with E-state index in [1.54, 1.807) is 17.4 Å². The maximum absolute atomic E-state index is 10.5. The van der Waals surface area contributed by atoms with Crippen molar-refractivity contribution in [3.63, 3.8) is 0 Å². The van der Waals surface area contributed by atoms with Crippen LogP contribution >= 0.6 is 22.7 Å². The molecule has 0 aromatic carbocycles. The van der Waals surface area contributed by atoms with Crippen LogP contribution in [0.15, 0.2) is 22.2 Å². The number of rotatable bonds is 5. The Morgan fingerprint density at radius 3 is 2.76 bits per heavy atom. The molecule has 1 N–H and O–H groups in total. The van der Waals surface area contributed by atoms with Gasteiger partial charge in [-0.1, -0.05) is 11.3 Å². The quantitative estimate of drug-likeness (QED) is 0.668. The minimum absolute atomic E-state index is 0.202. The van der Waals surface area contributed by atoms with Gasteiger partial charge in [-0.15, -0.1) is 0 Å². The molecule has 17 heavy (non-hydrogen) atoms. The summed E-state index contributed by atoms with van der Waals surface area (Å²) >= 11 is 2.86. The normalized spacial score (nSPS) is 10.6. The molecule has 4 nitrogen and oxygen atoms in total. The molecule has 6 heteroatoms. The Morgan fingerprint density at radius 1 is 1.35 bits per heavy atom. The van der Waals surface area contributed by atoms with Crippen LogP contribution in [0.3, 0.4) is 0 Å². The first-order valence-corrected chi connectivity index (χ1v) is 6.93. The fourth-order valence-corrected chi connectivity index (χ4v) is 3.05. The molecule has 2 aromatic rings. The third-order valence-electron chi connectivity index (χ3n) is 2.43. The summed E-state index contributed by atoms with van der Waals surface area (Å²) in [6, 6.07) is 1.62. The van der Waals surface area contributed by atoms with Crippen LogP contribution in [0.4, 0.5) is 5.00 Å². The molecule has 0 saturated heterocycles. The second-order valence-corrected chi connectivity index (χ2v) is 5.37. The number of hydrogen-bond donors (Lipinski definition) is 1. The lowest BCUT2D eigenvalue weighted by Gasteiger charge is -2.02. The number of hydrogen-bond acceptors (Lipinski definition) is 5. The topological polar surface area (TPSA) is 55.2 Å². The molecule has 0 atom stereocenters. The molecule has 90 valence electrons. The van der Waals surface area contributed by atoms with Gasteiger partial charge in [0.05, 0.1) is 4.92 Å². The van der Waals surface area contributed by atoms with E-state index < -0.39 is 0 Å². The van der Waals surface area contributed by atoms with Crippen LogP contribution in [0, 0.1) is 17.0 Å². The Balaban J connectivity index is 1.86. The molecule has 2 aromatic heterocycles. The van der Waals surface area contributed by atoms with Gasteiger partial charge in [0.25, 0.3) is 0 Å². The maximum atomic E-state index is 10.5. The highest BCUT2D eigenvalue weighted by Crippen LogP contribution is 2.22. The molecule has 0 aliphatic rings. The van der Waals surface area contributed by atoms with Crippen molar-refractivity contribution in [2.45, 2.75) is 20.0 Å². The fourth-order valence-electron chi connectivity index (χ4n) is 1.46. The highest BCUT2D eigenvalue weighted by atomic mass is 32.1. The molecular weight excluding hydrogens is 256 g/mol. The zero-order valence-electron chi connectivity index (χ0n) is 9.30. The molecular formula is C11H12N2O2S2. The third-order valence-corrected chi connectivity index (χ3v) is 4.27. The van der Waals surface area contributed by atoms with Gasteiger partial charge in [-0.3, -0.25) is 10.1 Å². The first-order valence-electron chi connectivity index (χ1n) is 5.11. The van der Waals surface area contributed by atoms with E-state index in [4.69, 9.17) is 0 Å². The van der Waals surface area contributed by atoms with Crippen molar-refractivity contribution in [1.29, 1.82) is 0 Å². The van der Waals surface area contributed by atoms with Gasteiger partial charge in [-0.2, -0.15) is 11.3 Å². The van der Waals surface area contributed by atoms with Crippen LogP contribution in [0.5, 0.6) is 0 Å². The average molecular weight is 268 g/mol. The van der Waals surface area contributed by atoms with E-state index in [9.17, 15) is 10.1 Å². The van der Waals surface area contributed by atoms with Crippen LogP contribution in [0.2, 0.25) is 0 Å². The lowest BCUT2D eigenvalue weighted by molar-refractivity contribution is -0.380. The molecule has 0 unspecified atom stereocenters. The minimum atomic E-state index is -0.350. The van der Waals surface area contributed by atoms with E-state index in [2.05, 4.69) is 23.0 Å². The second-order valence-electron chi connectivity index (χ2n) is 3.73. The van der Waals surface area contributed by atoms with Crippen molar-refractivity contribution in [1.82, 2.24) is 5.32 Å². The van der Waals surface area contributed by atoms with E-state index in [0.29, 0.717) is 6.54 Å². The van der Waals surface area contributed by atoms with Crippen LogP contribution in [-0.4, -0.2) is 4.92 Å². The lowest BCUT2D eigenvalue weighted by Crippen LogP contribution is -2.12. The average Bonchev–Trinajstić information content (AvgIpc) is 2.89. The van der Waals surface area contributed by atoms with Gasteiger partial charge < -0.3 is 5.32 Å². The maximum Gasteiger partial charge on any atom is 0.324 e. The Bertz CT molecular complexity index is 519.